The minimum atomic E-state index is -0.178. The Kier molecular flexibility index (Phi) is 6.28. The molecule has 0 spiro atoms. The molecule has 0 atom stereocenters. The number of carbonyl (C=O) groups excluding carboxylic acids is 2. The average Bonchev–Trinajstić information content (AvgIpc) is 3.06. The first-order chi connectivity index (χ1) is 11.0. The number of amides is 2. The largest absolute Gasteiger partial charge is 0.375 e. The van der Waals surface area contributed by atoms with E-state index in [0.29, 0.717) is 28.9 Å². The van der Waals surface area contributed by atoms with Gasteiger partial charge in [0.2, 0.25) is 5.91 Å². The maximum absolute atomic E-state index is 12.3. The van der Waals surface area contributed by atoms with Gasteiger partial charge in [-0.2, -0.15) is 0 Å². The van der Waals surface area contributed by atoms with E-state index in [1.54, 1.807) is 18.2 Å². The third kappa shape index (κ3) is 4.61. The predicted octanol–water partition coefficient (Wildman–Crippen LogP) is 2.90. The molecule has 1 aromatic rings. The summed E-state index contributed by atoms with van der Waals surface area (Å²) in [6.45, 7) is 2.56. The molecule has 0 heterocycles. The third-order valence-corrected chi connectivity index (χ3v) is 4.49. The first kappa shape index (κ1) is 17.6. The molecule has 0 bridgehead atoms. The summed E-state index contributed by atoms with van der Waals surface area (Å²) in [6.07, 6.45) is 4.52. The summed E-state index contributed by atoms with van der Waals surface area (Å²) in [5.74, 6) is -0.151. The van der Waals surface area contributed by atoms with E-state index < -0.39 is 0 Å². The number of hydrogen-bond acceptors (Lipinski definition) is 3. The number of halogens is 1. The summed E-state index contributed by atoms with van der Waals surface area (Å²) < 4.78 is 0. The van der Waals surface area contributed by atoms with E-state index in [9.17, 15) is 9.59 Å². The first-order valence-electron chi connectivity index (χ1n) is 8.10. The molecule has 2 amide bonds. The van der Waals surface area contributed by atoms with Gasteiger partial charge in [0.1, 0.15) is 0 Å². The topological polar surface area (TPSA) is 61.4 Å². The van der Waals surface area contributed by atoms with E-state index in [4.69, 9.17) is 11.6 Å². The normalized spacial score (nSPS) is 14.6. The molecule has 1 fully saturated rings. The lowest BCUT2D eigenvalue weighted by atomic mass is 10.1. The van der Waals surface area contributed by atoms with Gasteiger partial charge in [0.25, 0.3) is 5.91 Å². The van der Waals surface area contributed by atoms with Gasteiger partial charge in [-0.1, -0.05) is 24.4 Å². The maximum atomic E-state index is 12.3. The van der Waals surface area contributed by atoms with Gasteiger partial charge in [0.05, 0.1) is 12.1 Å². The number of likely N-dealkylation sites (N-methyl/N-ethyl adjacent to an activating group) is 1. The highest BCUT2D eigenvalue weighted by Crippen LogP contribution is 2.23. The van der Waals surface area contributed by atoms with Gasteiger partial charge in [-0.15, -0.1) is 0 Å². The zero-order chi connectivity index (χ0) is 16.8. The van der Waals surface area contributed by atoms with Crippen LogP contribution in [0.15, 0.2) is 18.2 Å². The van der Waals surface area contributed by atoms with E-state index in [0.717, 1.165) is 12.8 Å². The van der Waals surface area contributed by atoms with Crippen molar-refractivity contribution in [2.75, 3.05) is 25.5 Å². The van der Waals surface area contributed by atoms with Crippen LogP contribution in [0.3, 0.4) is 0 Å². The molecule has 0 aromatic heterocycles. The van der Waals surface area contributed by atoms with Crippen LogP contribution in [0.2, 0.25) is 5.02 Å². The monoisotopic (exact) mass is 337 g/mol. The standard InChI is InChI=1S/C17H24ClN3O2/c1-3-19-17(23)14-9-8-12(18)10-15(14)20-11-16(22)21(2)13-6-4-5-7-13/h8-10,13,20H,3-7,11H2,1-2H3,(H,19,23). The van der Waals surface area contributed by atoms with Crippen molar-refractivity contribution in [1.29, 1.82) is 0 Å². The lowest BCUT2D eigenvalue weighted by Crippen LogP contribution is -2.39. The number of nitrogens with one attached hydrogen (secondary N) is 2. The van der Waals surface area contributed by atoms with Crippen molar-refractivity contribution in [3.05, 3.63) is 28.8 Å². The van der Waals surface area contributed by atoms with Crippen LogP contribution in [-0.4, -0.2) is 42.9 Å². The Bertz CT molecular complexity index is 571. The number of benzene rings is 1. The molecule has 1 aliphatic carbocycles. The van der Waals surface area contributed by atoms with Crippen LogP contribution in [0.5, 0.6) is 0 Å². The van der Waals surface area contributed by atoms with Gasteiger partial charge in [-0.3, -0.25) is 9.59 Å². The fourth-order valence-corrected chi connectivity index (χ4v) is 3.08. The number of carbonyl (C=O) groups is 2. The smallest absolute Gasteiger partial charge is 0.253 e. The number of hydrogen-bond donors (Lipinski definition) is 2. The highest BCUT2D eigenvalue weighted by atomic mass is 35.5. The van der Waals surface area contributed by atoms with Crippen molar-refractivity contribution >= 4 is 29.1 Å². The molecular weight excluding hydrogens is 314 g/mol. The molecule has 2 rings (SSSR count). The Morgan fingerprint density at radius 2 is 2.00 bits per heavy atom. The van der Waals surface area contributed by atoms with Crippen molar-refractivity contribution in [3.8, 4) is 0 Å². The van der Waals surface area contributed by atoms with Gasteiger partial charge in [-0.05, 0) is 38.0 Å². The number of rotatable bonds is 6. The Morgan fingerprint density at radius 1 is 1.30 bits per heavy atom. The zero-order valence-corrected chi connectivity index (χ0v) is 14.4. The minimum absolute atomic E-state index is 0.0266. The fraction of sp³-hybridized carbons (Fsp3) is 0.529. The van der Waals surface area contributed by atoms with Crippen molar-refractivity contribution < 1.29 is 9.59 Å². The molecule has 1 saturated carbocycles. The van der Waals surface area contributed by atoms with Crippen LogP contribution in [0.1, 0.15) is 43.0 Å². The second kappa shape index (κ2) is 8.20. The van der Waals surface area contributed by atoms with Crippen LogP contribution >= 0.6 is 11.6 Å². The summed E-state index contributed by atoms with van der Waals surface area (Å²) >= 11 is 6.01. The van der Waals surface area contributed by atoms with E-state index in [1.165, 1.54) is 12.8 Å². The molecule has 6 heteroatoms. The predicted molar refractivity (Wildman–Crippen MR) is 93.0 cm³/mol. The van der Waals surface area contributed by atoms with E-state index >= 15 is 0 Å². The highest BCUT2D eigenvalue weighted by molar-refractivity contribution is 6.31. The maximum Gasteiger partial charge on any atom is 0.253 e. The molecule has 23 heavy (non-hydrogen) atoms. The highest BCUT2D eigenvalue weighted by Gasteiger charge is 2.23. The SMILES string of the molecule is CCNC(=O)c1ccc(Cl)cc1NCC(=O)N(C)C1CCCC1. The lowest BCUT2D eigenvalue weighted by molar-refractivity contribution is -0.129. The van der Waals surface area contributed by atoms with Gasteiger partial charge < -0.3 is 15.5 Å². The molecule has 1 aliphatic rings. The van der Waals surface area contributed by atoms with E-state index in [2.05, 4.69) is 10.6 Å². The minimum Gasteiger partial charge on any atom is -0.375 e. The molecule has 0 aliphatic heterocycles. The molecule has 2 N–H and O–H groups in total. The second-order valence-electron chi connectivity index (χ2n) is 5.85. The van der Waals surface area contributed by atoms with Gasteiger partial charge in [0.15, 0.2) is 0 Å². The van der Waals surface area contributed by atoms with E-state index in [1.807, 2.05) is 18.9 Å². The Labute approximate surface area is 142 Å². The van der Waals surface area contributed by atoms with Gasteiger partial charge in [0, 0.05) is 30.3 Å². The fourth-order valence-electron chi connectivity index (χ4n) is 2.91. The van der Waals surface area contributed by atoms with Crippen molar-refractivity contribution in [1.82, 2.24) is 10.2 Å². The second-order valence-corrected chi connectivity index (χ2v) is 6.28. The third-order valence-electron chi connectivity index (χ3n) is 4.26. The van der Waals surface area contributed by atoms with Crippen molar-refractivity contribution in [2.45, 2.75) is 38.6 Å². The summed E-state index contributed by atoms with van der Waals surface area (Å²) in [7, 11) is 1.85. The summed E-state index contributed by atoms with van der Waals surface area (Å²) in [5.41, 5.74) is 1.07. The molecule has 0 unspecified atom stereocenters. The Balaban J connectivity index is 2.02. The van der Waals surface area contributed by atoms with Crippen LogP contribution in [0.4, 0.5) is 5.69 Å². The molecule has 126 valence electrons. The number of nitrogens with zero attached hydrogens (tertiary/aromatic N) is 1. The van der Waals surface area contributed by atoms with Crippen molar-refractivity contribution in [3.63, 3.8) is 0 Å². The average molecular weight is 338 g/mol. The Hall–Kier alpha value is -1.75. The molecule has 5 nitrogen and oxygen atoms in total. The molecule has 1 aromatic carbocycles. The quantitative estimate of drug-likeness (QED) is 0.839. The van der Waals surface area contributed by atoms with Crippen LogP contribution in [-0.2, 0) is 4.79 Å². The summed E-state index contributed by atoms with van der Waals surface area (Å²) in [6, 6.07) is 5.35. The number of anilines is 1. The zero-order valence-electron chi connectivity index (χ0n) is 13.7. The molecular formula is C17H24ClN3O2. The van der Waals surface area contributed by atoms with Gasteiger partial charge in [-0.25, -0.2) is 0 Å². The molecule has 0 radical (unpaired) electrons. The van der Waals surface area contributed by atoms with Crippen molar-refractivity contribution in [2.24, 2.45) is 0 Å². The van der Waals surface area contributed by atoms with Gasteiger partial charge >= 0.3 is 0 Å². The van der Waals surface area contributed by atoms with Crippen LogP contribution in [0.25, 0.3) is 0 Å². The lowest BCUT2D eigenvalue weighted by Gasteiger charge is -2.25. The van der Waals surface area contributed by atoms with Crippen LogP contribution in [0, 0.1) is 0 Å². The first-order valence-corrected chi connectivity index (χ1v) is 8.48. The summed E-state index contributed by atoms with van der Waals surface area (Å²) in [5, 5.41) is 6.35. The van der Waals surface area contributed by atoms with Crippen LogP contribution < -0.4 is 10.6 Å². The van der Waals surface area contributed by atoms with E-state index in [-0.39, 0.29) is 18.4 Å². The summed E-state index contributed by atoms with van der Waals surface area (Å²) in [4.78, 5) is 26.2. The Morgan fingerprint density at radius 3 is 2.65 bits per heavy atom. The molecule has 0 saturated heterocycles.